The highest BCUT2D eigenvalue weighted by Gasteiger charge is 2.18. The molecule has 6 aromatic carbocycles. The number of aromatic nitrogens is 2. The molecule has 0 N–H and O–H groups in total. The zero-order valence-corrected chi connectivity index (χ0v) is 21.5. The number of fused-ring (bicyclic) bond motifs is 3. The van der Waals surface area contributed by atoms with Gasteiger partial charge < -0.3 is 0 Å². The minimum absolute atomic E-state index is 0.725. The van der Waals surface area contributed by atoms with Gasteiger partial charge in [-0.05, 0) is 88.7 Å². The molecular weight excluding hydrogens is 516 g/mol. The fourth-order valence-corrected chi connectivity index (χ4v) is 6.09. The average molecular weight is 537 g/mol. The Labute approximate surface area is 223 Å². The zero-order valence-electron chi connectivity index (χ0n) is 19.9. The number of rotatable bonds is 3. The molecule has 0 unspecified atom stereocenters. The van der Waals surface area contributed by atoms with Crippen LogP contribution in [0.5, 0.6) is 0 Å². The summed E-state index contributed by atoms with van der Waals surface area (Å²) in [7, 11) is 0. The van der Waals surface area contributed by atoms with Gasteiger partial charge in [-0.15, -0.1) is 0 Å². The molecule has 37 heavy (non-hydrogen) atoms. The van der Waals surface area contributed by atoms with E-state index in [9.17, 15) is 0 Å². The average Bonchev–Trinajstić information content (AvgIpc) is 2.97. The quantitative estimate of drug-likeness (QED) is 0.210. The molecule has 0 bridgehead atoms. The highest BCUT2D eigenvalue weighted by atomic mass is 79.9. The van der Waals surface area contributed by atoms with E-state index in [0.717, 1.165) is 21.4 Å². The Morgan fingerprint density at radius 2 is 1.05 bits per heavy atom. The van der Waals surface area contributed by atoms with Crippen LogP contribution in [0.4, 0.5) is 0 Å². The van der Waals surface area contributed by atoms with Gasteiger partial charge in [0.1, 0.15) is 0 Å². The van der Waals surface area contributed by atoms with E-state index in [4.69, 9.17) is 0 Å². The highest BCUT2D eigenvalue weighted by Crippen LogP contribution is 2.44. The van der Waals surface area contributed by atoms with Gasteiger partial charge in [0.2, 0.25) is 0 Å². The molecule has 3 heteroatoms. The van der Waals surface area contributed by atoms with Crippen molar-refractivity contribution in [2.45, 2.75) is 0 Å². The second-order valence-corrected chi connectivity index (χ2v) is 9.93. The fraction of sp³-hybridized carbons (Fsp3) is 0. The number of hydrogen-bond donors (Lipinski definition) is 0. The van der Waals surface area contributed by atoms with Crippen molar-refractivity contribution in [1.82, 2.24) is 9.97 Å². The second-order valence-electron chi connectivity index (χ2n) is 9.14. The summed E-state index contributed by atoms with van der Waals surface area (Å²) in [6, 6.07) is 40.8. The van der Waals surface area contributed by atoms with Crippen LogP contribution in [0.2, 0.25) is 0 Å². The molecule has 0 saturated carbocycles. The molecule has 1 heterocycles. The predicted octanol–water partition coefficient (Wildman–Crippen LogP) is 9.70. The van der Waals surface area contributed by atoms with Crippen molar-refractivity contribution in [2.75, 3.05) is 0 Å². The number of hydrogen-bond acceptors (Lipinski definition) is 2. The predicted molar refractivity (Wildman–Crippen MR) is 159 cm³/mol. The van der Waals surface area contributed by atoms with Crippen molar-refractivity contribution in [2.24, 2.45) is 0 Å². The van der Waals surface area contributed by atoms with Crippen molar-refractivity contribution in [3.8, 4) is 33.6 Å². The molecule has 0 aliphatic heterocycles. The van der Waals surface area contributed by atoms with Crippen LogP contribution >= 0.6 is 15.9 Å². The Kier molecular flexibility index (Phi) is 5.30. The molecule has 0 radical (unpaired) electrons. The Morgan fingerprint density at radius 1 is 0.459 bits per heavy atom. The summed E-state index contributed by atoms with van der Waals surface area (Å²) in [6.45, 7) is 0. The van der Waals surface area contributed by atoms with E-state index in [2.05, 4.69) is 135 Å². The van der Waals surface area contributed by atoms with Crippen LogP contribution in [0.3, 0.4) is 0 Å². The van der Waals surface area contributed by atoms with E-state index in [1.54, 1.807) is 12.4 Å². The second kappa shape index (κ2) is 8.95. The Bertz CT molecular complexity index is 1880. The number of halogens is 1. The topological polar surface area (TPSA) is 25.8 Å². The first-order valence-electron chi connectivity index (χ1n) is 12.3. The monoisotopic (exact) mass is 536 g/mol. The Hall–Kier alpha value is -4.34. The van der Waals surface area contributed by atoms with Gasteiger partial charge in [0.25, 0.3) is 0 Å². The van der Waals surface area contributed by atoms with Crippen LogP contribution in [0.25, 0.3) is 66.0 Å². The molecule has 7 aromatic rings. The van der Waals surface area contributed by atoms with Gasteiger partial charge in [-0.1, -0.05) is 97.1 Å². The van der Waals surface area contributed by atoms with Crippen LogP contribution in [0, 0.1) is 0 Å². The standard InChI is InChI=1S/C34H21BrN2/c35-33-28-14-5-3-12-26(28)32(27-13-4-6-15-29(27)33)23-17-18-30(34-36-19-8-20-37-34)31(21-23)25-16-7-10-22-9-1-2-11-24(22)25/h1-21H. The molecule has 0 aliphatic carbocycles. The first-order chi connectivity index (χ1) is 18.3. The summed E-state index contributed by atoms with van der Waals surface area (Å²) in [6.07, 6.45) is 3.61. The third kappa shape index (κ3) is 3.62. The molecule has 7 rings (SSSR count). The molecule has 0 amide bonds. The molecular formula is C34H21BrN2. The largest absolute Gasteiger partial charge is 0.237 e. The lowest BCUT2D eigenvalue weighted by Crippen LogP contribution is -1.94. The first-order valence-corrected chi connectivity index (χ1v) is 13.1. The van der Waals surface area contributed by atoms with Crippen LogP contribution in [0.15, 0.2) is 132 Å². The summed E-state index contributed by atoms with van der Waals surface area (Å²) in [5.41, 5.74) is 5.72. The van der Waals surface area contributed by atoms with Crippen molar-refractivity contribution >= 4 is 48.2 Å². The summed E-state index contributed by atoms with van der Waals surface area (Å²) in [5, 5.41) is 7.28. The summed E-state index contributed by atoms with van der Waals surface area (Å²) < 4.78 is 1.13. The lowest BCUT2D eigenvalue weighted by Gasteiger charge is -2.17. The smallest absolute Gasteiger partial charge is 0.159 e. The van der Waals surface area contributed by atoms with Gasteiger partial charge in [0.15, 0.2) is 5.82 Å². The lowest BCUT2D eigenvalue weighted by molar-refractivity contribution is 1.18. The molecule has 2 nitrogen and oxygen atoms in total. The van der Waals surface area contributed by atoms with E-state index in [0.29, 0.717) is 0 Å². The van der Waals surface area contributed by atoms with E-state index in [-0.39, 0.29) is 0 Å². The lowest BCUT2D eigenvalue weighted by atomic mass is 9.88. The van der Waals surface area contributed by atoms with E-state index in [1.807, 2.05) is 6.07 Å². The van der Waals surface area contributed by atoms with Crippen molar-refractivity contribution in [3.05, 3.63) is 132 Å². The molecule has 0 atom stereocenters. The molecule has 0 aliphatic rings. The maximum absolute atomic E-state index is 4.61. The Balaban J connectivity index is 1.60. The Morgan fingerprint density at radius 3 is 1.76 bits per heavy atom. The molecule has 174 valence electrons. The van der Waals surface area contributed by atoms with E-state index >= 15 is 0 Å². The minimum atomic E-state index is 0.725. The molecule has 1 aromatic heterocycles. The SMILES string of the molecule is Brc1c2ccccc2c(-c2ccc(-c3ncccn3)c(-c3cccc4ccccc34)c2)c2ccccc12. The first kappa shape index (κ1) is 21.9. The maximum atomic E-state index is 4.61. The van der Waals surface area contributed by atoms with Gasteiger partial charge in [-0.25, -0.2) is 9.97 Å². The van der Waals surface area contributed by atoms with E-state index < -0.39 is 0 Å². The molecule has 0 saturated heterocycles. The van der Waals surface area contributed by atoms with Gasteiger partial charge in [-0.3, -0.25) is 0 Å². The van der Waals surface area contributed by atoms with E-state index in [1.165, 1.54) is 49.0 Å². The van der Waals surface area contributed by atoms with Gasteiger partial charge in [0, 0.05) is 22.4 Å². The third-order valence-electron chi connectivity index (χ3n) is 7.06. The summed E-state index contributed by atoms with van der Waals surface area (Å²) >= 11 is 3.89. The summed E-state index contributed by atoms with van der Waals surface area (Å²) in [4.78, 5) is 9.22. The highest BCUT2D eigenvalue weighted by molar-refractivity contribution is 9.10. The number of nitrogens with zero attached hydrogens (tertiary/aromatic N) is 2. The minimum Gasteiger partial charge on any atom is -0.237 e. The van der Waals surface area contributed by atoms with Crippen LogP contribution in [0.1, 0.15) is 0 Å². The van der Waals surface area contributed by atoms with Crippen molar-refractivity contribution in [3.63, 3.8) is 0 Å². The third-order valence-corrected chi connectivity index (χ3v) is 7.91. The van der Waals surface area contributed by atoms with Gasteiger partial charge >= 0.3 is 0 Å². The maximum Gasteiger partial charge on any atom is 0.159 e. The zero-order chi connectivity index (χ0) is 24.8. The van der Waals surface area contributed by atoms with Crippen LogP contribution in [-0.2, 0) is 0 Å². The van der Waals surface area contributed by atoms with Crippen molar-refractivity contribution < 1.29 is 0 Å². The van der Waals surface area contributed by atoms with Crippen LogP contribution < -0.4 is 0 Å². The fourth-order valence-electron chi connectivity index (χ4n) is 5.40. The number of benzene rings is 6. The summed E-state index contributed by atoms with van der Waals surface area (Å²) in [5.74, 6) is 0.725. The van der Waals surface area contributed by atoms with Crippen LogP contribution in [-0.4, -0.2) is 9.97 Å². The van der Waals surface area contributed by atoms with Gasteiger partial charge in [0.05, 0.1) is 0 Å². The molecule has 0 fully saturated rings. The normalized spacial score (nSPS) is 11.4. The molecule has 0 spiro atoms. The van der Waals surface area contributed by atoms with Gasteiger partial charge in [-0.2, -0.15) is 0 Å². The van der Waals surface area contributed by atoms with Crippen molar-refractivity contribution in [1.29, 1.82) is 0 Å².